The molecule has 0 N–H and O–H groups in total. The maximum atomic E-state index is 4.99. The second-order valence-electron chi connectivity index (χ2n) is 17.5. The maximum absolute atomic E-state index is 4.99. The highest BCUT2D eigenvalue weighted by molar-refractivity contribution is 6.12. The summed E-state index contributed by atoms with van der Waals surface area (Å²) < 4.78 is 2.46. The molecular weight excluding hydrogens is 777 g/mol. The van der Waals surface area contributed by atoms with Gasteiger partial charge in [0.05, 0.1) is 28.5 Å². The number of para-hydroxylation sites is 2. The molecule has 4 aliphatic rings. The van der Waals surface area contributed by atoms with Gasteiger partial charge in [0.2, 0.25) is 0 Å². The Bertz CT molecular complexity index is 3410. The summed E-state index contributed by atoms with van der Waals surface area (Å²) in [6.45, 7) is 0. The van der Waals surface area contributed by atoms with Gasteiger partial charge < -0.3 is 9.47 Å². The van der Waals surface area contributed by atoms with E-state index in [1.165, 1.54) is 83.3 Å². The summed E-state index contributed by atoms with van der Waals surface area (Å²) in [5.41, 5.74) is 22.1. The van der Waals surface area contributed by atoms with Crippen LogP contribution in [0.5, 0.6) is 0 Å². The molecule has 13 rings (SSSR count). The van der Waals surface area contributed by atoms with Crippen LogP contribution in [-0.4, -0.2) is 20.6 Å². The topological polar surface area (TPSA) is 34.0 Å². The third kappa shape index (κ3) is 5.97. The van der Waals surface area contributed by atoms with E-state index in [1.54, 1.807) is 0 Å². The molecule has 3 aliphatic carbocycles. The van der Waals surface area contributed by atoms with E-state index in [1.807, 2.05) is 12.4 Å². The third-order valence-electron chi connectivity index (χ3n) is 13.9. The zero-order valence-electron chi connectivity index (χ0n) is 35.4. The lowest BCUT2D eigenvalue weighted by Crippen LogP contribution is -2.29. The summed E-state index contributed by atoms with van der Waals surface area (Å²) in [4.78, 5) is 12.6. The van der Waals surface area contributed by atoms with Crippen LogP contribution in [0.15, 0.2) is 207 Å². The minimum absolute atomic E-state index is 0.168. The molecule has 64 heavy (non-hydrogen) atoms. The fourth-order valence-electron chi connectivity index (χ4n) is 10.9. The lowest BCUT2D eigenvalue weighted by Gasteiger charge is -2.32. The van der Waals surface area contributed by atoms with Crippen molar-refractivity contribution in [3.63, 3.8) is 0 Å². The van der Waals surface area contributed by atoms with Crippen molar-refractivity contribution < 1.29 is 0 Å². The van der Waals surface area contributed by atoms with Gasteiger partial charge in [0.25, 0.3) is 0 Å². The molecular formula is C60H44N4. The molecule has 0 bridgehead atoms. The Morgan fingerprint density at radius 2 is 1.25 bits per heavy atom. The molecule has 2 atom stereocenters. The van der Waals surface area contributed by atoms with E-state index in [2.05, 4.69) is 204 Å². The standard InChI is InChI=1S/C60H44N4/c1-5-13-39(14-6-1)44-22-29-55(61-37-44)42-25-32-58-52(34-42)50-28-27-48-49(60(50)64(58)47-19-11-4-12-20-47)26-21-41-33-54-53-35-43(56-30-23-45(38-62-56)40-15-7-2-8-16-40)24-31-57(53)63(59(54)36-51(41)48)46-17-9-3-10-18-46/h1,3-7,9-20,22-25,27-38,52,58H,2,8,21,26H2. The molecule has 6 aromatic carbocycles. The van der Waals surface area contributed by atoms with Crippen LogP contribution in [0.2, 0.25) is 0 Å². The number of pyridine rings is 2. The lowest BCUT2D eigenvalue weighted by molar-refractivity contribution is 0.746. The predicted octanol–water partition coefficient (Wildman–Crippen LogP) is 14.7. The SMILES string of the molecule is C1=CC(c2ccc(-c3ccc4c(c3)c3cc5c(cc3n4-c3ccccc3)-c3ccc4c(c3CC5)N(c3ccccc3)C3C=CC(c5ccc(-c6ccccc6)cn5)=CC43)nc2)=CCC1. The molecule has 0 radical (unpaired) electrons. The molecule has 0 spiro atoms. The van der Waals surface area contributed by atoms with Crippen LogP contribution in [0, 0.1) is 0 Å². The number of fused-ring (bicyclic) bond motifs is 10. The molecule has 4 heterocycles. The van der Waals surface area contributed by atoms with E-state index in [9.17, 15) is 0 Å². The minimum atomic E-state index is 0.168. The molecule has 0 fully saturated rings. The Labute approximate surface area is 373 Å². The van der Waals surface area contributed by atoms with Crippen LogP contribution >= 0.6 is 0 Å². The molecule has 3 aromatic heterocycles. The van der Waals surface area contributed by atoms with Crippen LogP contribution < -0.4 is 4.90 Å². The highest BCUT2D eigenvalue weighted by Crippen LogP contribution is 2.54. The maximum Gasteiger partial charge on any atom is 0.0702 e. The fraction of sp³-hybridized carbons (Fsp3) is 0.100. The van der Waals surface area contributed by atoms with Gasteiger partial charge in [-0.25, -0.2) is 0 Å². The molecule has 0 saturated heterocycles. The largest absolute Gasteiger partial charge is 0.333 e. The summed E-state index contributed by atoms with van der Waals surface area (Å²) in [7, 11) is 0. The number of benzene rings is 6. The fourth-order valence-corrected chi connectivity index (χ4v) is 10.9. The predicted molar refractivity (Wildman–Crippen MR) is 265 cm³/mol. The van der Waals surface area contributed by atoms with Crippen molar-refractivity contribution in [2.45, 2.75) is 37.6 Å². The second kappa shape index (κ2) is 14.9. The van der Waals surface area contributed by atoms with Crippen LogP contribution in [0.25, 0.3) is 72.2 Å². The molecule has 2 unspecified atom stereocenters. The Morgan fingerprint density at radius 3 is 2.02 bits per heavy atom. The van der Waals surface area contributed by atoms with E-state index in [-0.39, 0.29) is 12.0 Å². The zero-order valence-corrected chi connectivity index (χ0v) is 35.4. The van der Waals surface area contributed by atoms with E-state index in [0.717, 1.165) is 53.9 Å². The normalized spacial score (nSPS) is 17.2. The van der Waals surface area contributed by atoms with Gasteiger partial charge in [0.1, 0.15) is 0 Å². The number of allylic oxidation sites excluding steroid dienone is 6. The van der Waals surface area contributed by atoms with E-state index in [0.29, 0.717) is 0 Å². The first-order chi connectivity index (χ1) is 31.7. The van der Waals surface area contributed by atoms with Crippen LogP contribution in [0.3, 0.4) is 0 Å². The first-order valence-electron chi connectivity index (χ1n) is 22.7. The van der Waals surface area contributed by atoms with Gasteiger partial charge in [-0.15, -0.1) is 0 Å². The van der Waals surface area contributed by atoms with Gasteiger partial charge in [-0.2, -0.15) is 0 Å². The Morgan fingerprint density at radius 1 is 0.516 bits per heavy atom. The number of nitrogens with zero attached hydrogens (tertiary/aromatic N) is 4. The van der Waals surface area contributed by atoms with Gasteiger partial charge in [0, 0.05) is 57.3 Å². The van der Waals surface area contributed by atoms with Gasteiger partial charge in [-0.05, 0) is 136 Å². The van der Waals surface area contributed by atoms with E-state index >= 15 is 0 Å². The first kappa shape index (κ1) is 36.8. The number of hydrogen-bond acceptors (Lipinski definition) is 3. The monoisotopic (exact) mass is 820 g/mol. The molecule has 4 heteroatoms. The molecule has 0 saturated carbocycles. The number of aromatic nitrogens is 3. The average Bonchev–Trinajstić information content (AvgIpc) is 3.88. The summed E-state index contributed by atoms with van der Waals surface area (Å²) in [6, 6.07) is 58.0. The first-order valence-corrected chi connectivity index (χ1v) is 22.7. The third-order valence-corrected chi connectivity index (χ3v) is 13.9. The zero-order chi connectivity index (χ0) is 42.1. The van der Waals surface area contributed by atoms with Gasteiger partial charge in [-0.3, -0.25) is 9.97 Å². The number of anilines is 2. The van der Waals surface area contributed by atoms with Crippen molar-refractivity contribution in [2.24, 2.45) is 0 Å². The number of rotatable bonds is 6. The van der Waals surface area contributed by atoms with Gasteiger partial charge >= 0.3 is 0 Å². The summed E-state index contributed by atoms with van der Waals surface area (Å²) in [6.07, 6.45) is 22.1. The highest BCUT2D eigenvalue weighted by atomic mass is 15.2. The highest BCUT2D eigenvalue weighted by Gasteiger charge is 2.41. The smallest absolute Gasteiger partial charge is 0.0702 e. The summed E-state index contributed by atoms with van der Waals surface area (Å²) in [5, 5.41) is 2.53. The molecule has 304 valence electrons. The molecule has 4 nitrogen and oxygen atoms in total. The van der Waals surface area contributed by atoms with Crippen molar-refractivity contribution >= 4 is 44.3 Å². The minimum Gasteiger partial charge on any atom is -0.333 e. The van der Waals surface area contributed by atoms with Crippen molar-refractivity contribution in [3.05, 3.63) is 235 Å². The van der Waals surface area contributed by atoms with E-state index in [4.69, 9.17) is 9.97 Å². The van der Waals surface area contributed by atoms with Crippen LogP contribution in [0.1, 0.15) is 46.7 Å². The number of aryl methyl sites for hydroxylation is 1. The second-order valence-corrected chi connectivity index (χ2v) is 17.5. The van der Waals surface area contributed by atoms with Crippen LogP contribution in [0.4, 0.5) is 11.4 Å². The van der Waals surface area contributed by atoms with Gasteiger partial charge in [0.15, 0.2) is 0 Å². The Kier molecular flexibility index (Phi) is 8.58. The molecule has 1 aliphatic heterocycles. The molecule has 9 aromatic rings. The Balaban J connectivity index is 0.933. The number of hydrogen-bond donors (Lipinski definition) is 0. The van der Waals surface area contributed by atoms with Crippen molar-refractivity contribution in [3.8, 4) is 39.2 Å². The van der Waals surface area contributed by atoms with Crippen molar-refractivity contribution in [1.82, 2.24) is 14.5 Å². The average molecular weight is 821 g/mol. The summed E-state index contributed by atoms with van der Waals surface area (Å²) in [5.74, 6) is 0.196. The van der Waals surface area contributed by atoms with Crippen LogP contribution in [-0.2, 0) is 12.8 Å². The summed E-state index contributed by atoms with van der Waals surface area (Å²) >= 11 is 0. The lowest BCUT2D eigenvalue weighted by atomic mass is 9.81. The van der Waals surface area contributed by atoms with Crippen molar-refractivity contribution in [2.75, 3.05) is 4.90 Å². The molecule has 0 amide bonds. The van der Waals surface area contributed by atoms with E-state index < -0.39 is 0 Å². The quantitative estimate of drug-likeness (QED) is 0.168. The Hall–Kier alpha value is -7.82. The van der Waals surface area contributed by atoms with Crippen molar-refractivity contribution in [1.29, 1.82) is 0 Å². The van der Waals surface area contributed by atoms with Gasteiger partial charge in [-0.1, -0.05) is 134 Å².